The van der Waals surface area contributed by atoms with E-state index in [0.29, 0.717) is 0 Å². The fourth-order valence-corrected chi connectivity index (χ4v) is 4.64. The van der Waals surface area contributed by atoms with Gasteiger partial charge in [-0.3, -0.25) is 0 Å². The molecule has 1 nitrogen and oxygen atoms in total. The second-order valence-electron chi connectivity index (χ2n) is 8.30. The number of rotatable bonds is 4. The van der Waals surface area contributed by atoms with Gasteiger partial charge in [-0.2, -0.15) is 0 Å². The van der Waals surface area contributed by atoms with Crippen LogP contribution in [0.3, 0.4) is 0 Å². The molecule has 0 bridgehead atoms. The Balaban J connectivity index is 1.38. The molecule has 0 saturated heterocycles. The van der Waals surface area contributed by atoms with Crippen LogP contribution < -0.4 is 5.32 Å². The largest absolute Gasteiger partial charge is 0.355 e. The molecule has 1 heteroatoms. The van der Waals surface area contributed by atoms with Crippen molar-refractivity contribution >= 4 is 32.9 Å². The molecule has 156 valence electrons. The normalized spacial score (nSPS) is 11.0. The molecule has 0 fully saturated rings. The van der Waals surface area contributed by atoms with Gasteiger partial charge in [0.15, 0.2) is 0 Å². The second kappa shape index (κ2) is 8.29. The van der Waals surface area contributed by atoms with Gasteiger partial charge < -0.3 is 5.32 Å². The van der Waals surface area contributed by atoms with E-state index >= 15 is 0 Å². The van der Waals surface area contributed by atoms with Gasteiger partial charge >= 0.3 is 0 Å². The zero-order chi connectivity index (χ0) is 22.0. The van der Waals surface area contributed by atoms with Gasteiger partial charge in [0.2, 0.25) is 0 Å². The Morgan fingerprint density at radius 2 is 1.00 bits per heavy atom. The lowest BCUT2D eigenvalue weighted by Gasteiger charge is -2.14. The molecule has 0 amide bonds. The van der Waals surface area contributed by atoms with Gasteiger partial charge in [0.25, 0.3) is 0 Å². The summed E-state index contributed by atoms with van der Waals surface area (Å²) in [5.74, 6) is 0. The molecule has 0 atom stereocenters. The van der Waals surface area contributed by atoms with Crippen LogP contribution >= 0.6 is 0 Å². The molecule has 33 heavy (non-hydrogen) atoms. The van der Waals surface area contributed by atoms with Gasteiger partial charge in [-0.1, -0.05) is 109 Å². The van der Waals surface area contributed by atoms with Gasteiger partial charge in [-0.15, -0.1) is 0 Å². The standard InChI is InChI=1S/C32H23N/c1-2-10-23(11-3-1)28-14-8-9-17-32(28)33-26-20-18-24(19-21-26)31-22-25-12-4-5-13-27(25)29-15-6-7-16-30(29)31/h1-22,33H. The van der Waals surface area contributed by atoms with Crippen molar-refractivity contribution in [1.82, 2.24) is 0 Å². The molecule has 0 aromatic heterocycles. The number of hydrogen-bond donors (Lipinski definition) is 1. The monoisotopic (exact) mass is 421 g/mol. The van der Waals surface area contributed by atoms with Gasteiger partial charge in [0.05, 0.1) is 0 Å². The number of hydrogen-bond acceptors (Lipinski definition) is 1. The summed E-state index contributed by atoms with van der Waals surface area (Å²) in [5, 5.41) is 8.76. The summed E-state index contributed by atoms with van der Waals surface area (Å²) >= 11 is 0. The van der Waals surface area contributed by atoms with Crippen LogP contribution in [0, 0.1) is 0 Å². The van der Waals surface area contributed by atoms with Crippen LogP contribution in [0.4, 0.5) is 11.4 Å². The van der Waals surface area contributed by atoms with Crippen LogP contribution in [0.5, 0.6) is 0 Å². The second-order valence-corrected chi connectivity index (χ2v) is 8.30. The van der Waals surface area contributed by atoms with Crippen LogP contribution in [-0.2, 0) is 0 Å². The van der Waals surface area contributed by atoms with E-state index in [2.05, 4.69) is 139 Å². The van der Waals surface area contributed by atoms with Crippen molar-refractivity contribution in [2.24, 2.45) is 0 Å². The van der Waals surface area contributed by atoms with E-state index in [1.807, 2.05) is 0 Å². The Labute approximate surface area is 194 Å². The zero-order valence-corrected chi connectivity index (χ0v) is 18.2. The van der Waals surface area contributed by atoms with Crippen LogP contribution in [0.1, 0.15) is 0 Å². The van der Waals surface area contributed by atoms with E-state index in [4.69, 9.17) is 0 Å². The summed E-state index contributed by atoms with van der Waals surface area (Å²) in [7, 11) is 0. The van der Waals surface area contributed by atoms with Gasteiger partial charge in [0, 0.05) is 16.9 Å². The smallest absolute Gasteiger partial charge is 0.0463 e. The molecular weight excluding hydrogens is 398 g/mol. The maximum absolute atomic E-state index is 3.62. The molecule has 0 spiro atoms. The number of benzene rings is 6. The van der Waals surface area contributed by atoms with Gasteiger partial charge in [-0.25, -0.2) is 0 Å². The minimum atomic E-state index is 1.08. The Morgan fingerprint density at radius 3 is 1.82 bits per heavy atom. The number of para-hydroxylation sites is 1. The minimum Gasteiger partial charge on any atom is -0.355 e. The number of anilines is 2. The fourth-order valence-electron chi connectivity index (χ4n) is 4.64. The van der Waals surface area contributed by atoms with Crippen molar-refractivity contribution in [2.75, 3.05) is 5.32 Å². The van der Waals surface area contributed by atoms with Crippen molar-refractivity contribution in [3.8, 4) is 22.3 Å². The molecule has 0 aliphatic rings. The molecule has 0 aliphatic heterocycles. The summed E-state index contributed by atoms with van der Waals surface area (Å²) in [5.41, 5.74) is 7.07. The Bertz CT molecular complexity index is 1560. The SMILES string of the molecule is c1ccc(-c2ccccc2Nc2ccc(-c3cc4ccccc4c4ccccc34)cc2)cc1. The topological polar surface area (TPSA) is 12.0 Å². The van der Waals surface area contributed by atoms with Crippen molar-refractivity contribution in [2.45, 2.75) is 0 Å². The van der Waals surface area contributed by atoms with Crippen LogP contribution in [0.15, 0.2) is 133 Å². The Kier molecular flexibility index (Phi) is 4.86. The van der Waals surface area contributed by atoms with Crippen LogP contribution in [0.2, 0.25) is 0 Å². The van der Waals surface area contributed by atoms with E-state index in [0.717, 1.165) is 11.4 Å². The highest BCUT2D eigenvalue weighted by molar-refractivity contribution is 6.13. The lowest BCUT2D eigenvalue weighted by Crippen LogP contribution is -1.93. The maximum atomic E-state index is 3.62. The lowest BCUT2D eigenvalue weighted by molar-refractivity contribution is 1.53. The average Bonchev–Trinajstić information content (AvgIpc) is 2.90. The summed E-state index contributed by atoms with van der Waals surface area (Å²) in [6, 6.07) is 47.3. The van der Waals surface area contributed by atoms with E-state index in [1.54, 1.807) is 0 Å². The van der Waals surface area contributed by atoms with E-state index in [9.17, 15) is 0 Å². The summed E-state index contributed by atoms with van der Waals surface area (Å²) in [6.07, 6.45) is 0. The quantitative estimate of drug-likeness (QED) is 0.280. The van der Waals surface area contributed by atoms with Crippen molar-refractivity contribution in [3.63, 3.8) is 0 Å². The molecule has 0 radical (unpaired) electrons. The molecule has 0 heterocycles. The van der Waals surface area contributed by atoms with Crippen LogP contribution in [-0.4, -0.2) is 0 Å². The molecule has 6 aromatic rings. The van der Waals surface area contributed by atoms with Crippen molar-refractivity contribution in [3.05, 3.63) is 133 Å². The Morgan fingerprint density at radius 1 is 0.394 bits per heavy atom. The van der Waals surface area contributed by atoms with Crippen molar-refractivity contribution in [1.29, 1.82) is 0 Å². The summed E-state index contributed by atoms with van der Waals surface area (Å²) < 4.78 is 0. The van der Waals surface area contributed by atoms with E-state index in [1.165, 1.54) is 43.8 Å². The maximum Gasteiger partial charge on any atom is 0.0463 e. The first-order valence-electron chi connectivity index (χ1n) is 11.3. The first-order chi connectivity index (χ1) is 16.4. The average molecular weight is 422 g/mol. The van der Waals surface area contributed by atoms with Gasteiger partial charge in [-0.05, 0) is 62.5 Å². The number of fused-ring (bicyclic) bond motifs is 3. The van der Waals surface area contributed by atoms with Crippen molar-refractivity contribution < 1.29 is 0 Å². The highest BCUT2D eigenvalue weighted by atomic mass is 14.9. The third kappa shape index (κ3) is 3.64. The summed E-state index contributed by atoms with van der Waals surface area (Å²) in [6.45, 7) is 0. The molecule has 0 aliphatic carbocycles. The highest BCUT2D eigenvalue weighted by Gasteiger charge is 2.09. The molecule has 1 N–H and O–H groups in total. The molecule has 0 unspecified atom stereocenters. The minimum absolute atomic E-state index is 1.08. The predicted octanol–water partition coefficient (Wildman–Crippen LogP) is 9.07. The predicted molar refractivity (Wildman–Crippen MR) is 142 cm³/mol. The third-order valence-electron chi connectivity index (χ3n) is 6.25. The number of nitrogens with one attached hydrogen (secondary N) is 1. The Hall–Kier alpha value is -4.36. The summed E-state index contributed by atoms with van der Waals surface area (Å²) in [4.78, 5) is 0. The molecule has 6 rings (SSSR count). The first kappa shape index (κ1) is 19.3. The molecule has 0 saturated carbocycles. The van der Waals surface area contributed by atoms with Gasteiger partial charge in [0.1, 0.15) is 0 Å². The third-order valence-corrected chi connectivity index (χ3v) is 6.25. The fraction of sp³-hybridized carbons (Fsp3) is 0. The zero-order valence-electron chi connectivity index (χ0n) is 18.2. The highest BCUT2D eigenvalue weighted by Crippen LogP contribution is 2.36. The lowest BCUT2D eigenvalue weighted by atomic mass is 9.93. The first-order valence-corrected chi connectivity index (χ1v) is 11.3. The van der Waals surface area contributed by atoms with Crippen LogP contribution in [0.25, 0.3) is 43.8 Å². The van der Waals surface area contributed by atoms with E-state index < -0.39 is 0 Å². The molecular formula is C32H23N. The van der Waals surface area contributed by atoms with E-state index in [-0.39, 0.29) is 0 Å². The molecule has 6 aromatic carbocycles.